The van der Waals surface area contributed by atoms with Crippen molar-refractivity contribution >= 4 is 46.4 Å². The molecule has 0 radical (unpaired) electrons. The summed E-state index contributed by atoms with van der Waals surface area (Å²) in [5.41, 5.74) is -0.554. The summed E-state index contributed by atoms with van der Waals surface area (Å²) >= 11 is 1.46. The molecule has 242 valence electrons. The van der Waals surface area contributed by atoms with Crippen LogP contribution in [0.2, 0.25) is 0 Å². The van der Waals surface area contributed by atoms with Crippen LogP contribution in [0.15, 0.2) is 18.9 Å². The fourth-order valence-corrected chi connectivity index (χ4v) is 8.63. The van der Waals surface area contributed by atoms with Gasteiger partial charge in [0.1, 0.15) is 40.7 Å². The summed E-state index contributed by atoms with van der Waals surface area (Å²) in [5.74, 6) is -3.71. The minimum Gasteiger partial charge on any atom is -0.458 e. The average Bonchev–Trinajstić information content (AvgIpc) is 3.53. The maximum atomic E-state index is 14.1. The third-order valence-corrected chi connectivity index (χ3v) is 11.0. The highest BCUT2D eigenvalue weighted by molar-refractivity contribution is 8.00. The second kappa shape index (κ2) is 13.6. The van der Waals surface area contributed by atoms with Gasteiger partial charge in [0.25, 0.3) is 0 Å². The number of carbonyl (C=O) groups is 4. The minimum atomic E-state index is -1.26. The normalized spacial score (nSPS) is 35.7. The molecule has 2 aliphatic rings. The van der Waals surface area contributed by atoms with E-state index in [-0.39, 0.29) is 11.6 Å². The minimum absolute atomic E-state index is 0.0106. The second-order valence-corrected chi connectivity index (χ2v) is 14.2. The number of ether oxygens (including phenoxy) is 3. The predicted octanol–water partition coefficient (Wildman–Crippen LogP) is 4.45. The van der Waals surface area contributed by atoms with Crippen molar-refractivity contribution in [2.24, 2.45) is 29.6 Å². The third kappa shape index (κ3) is 6.71. The van der Waals surface area contributed by atoms with Crippen molar-refractivity contribution in [1.29, 1.82) is 0 Å². The molecule has 0 bridgehead atoms. The first-order valence-electron chi connectivity index (χ1n) is 15.5. The molecule has 44 heavy (non-hydrogen) atoms. The van der Waals surface area contributed by atoms with Crippen LogP contribution < -0.4 is 0 Å². The fraction of sp³-hybridized carbons (Fsp3) is 0.719. The van der Waals surface area contributed by atoms with Gasteiger partial charge in [-0.05, 0) is 52.2 Å². The number of hydrogen-bond donors (Lipinski definition) is 0. The molecule has 0 aliphatic carbocycles. The van der Waals surface area contributed by atoms with Gasteiger partial charge in [0.15, 0.2) is 11.2 Å². The number of aromatic nitrogens is 4. The van der Waals surface area contributed by atoms with Gasteiger partial charge >= 0.3 is 11.9 Å². The van der Waals surface area contributed by atoms with Crippen LogP contribution in [0.3, 0.4) is 0 Å². The molecule has 0 aromatic carbocycles. The first-order valence-corrected chi connectivity index (χ1v) is 16.6. The number of rotatable bonds is 7. The second-order valence-electron chi connectivity index (χ2n) is 13.0. The van der Waals surface area contributed by atoms with E-state index in [1.807, 2.05) is 32.3 Å². The van der Waals surface area contributed by atoms with Gasteiger partial charge in [0, 0.05) is 37.3 Å². The van der Waals surface area contributed by atoms with Crippen molar-refractivity contribution in [3.05, 3.63) is 18.9 Å². The van der Waals surface area contributed by atoms with Gasteiger partial charge in [-0.25, -0.2) is 15.0 Å². The molecule has 9 unspecified atom stereocenters. The smallest absolute Gasteiger partial charge is 0.320 e. The topological polar surface area (TPSA) is 140 Å². The van der Waals surface area contributed by atoms with Gasteiger partial charge in [0.05, 0.1) is 18.1 Å². The zero-order valence-electron chi connectivity index (χ0n) is 27.1. The summed E-state index contributed by atoms with van der Waals surface area (Å²) in [6.07, 6.45) is 5.90. The van der Waals surface area contributed by atoms with Crippen LogP contribution in [0, 0.1) is 29.6 Å². The van der Waals surface area contributed by atoms with Crippen LogP contribution in [0.25, 0.3) is 11.2 Å². The van der Waals surface area contributed by atoms with E-state index in [1.54, 1.807) is 40.4 Å². The van der Waals surface area contributed by atoms with Crippen LogP contribution >= 0.6 is 11.8 Å². The van der Waals surface area contributed by atoms with E-state index in [0.29, 0.717) is 37.1 Å². The summed E-state index contributed by atoms with van der Waals surface area (Å²) in [5, 5.41) is -0.637. The molecule has 2 fully saturated rings. The van der Waals surface area contributed by atoms with Crippen LogP contribution in [0.1, 0.15) is 74.1 Å². The number of fused-ring (bicyclic) bond motifs is 2. The lowest BCUT2D eigenvalue weighted by molar-refractivity contribution is -0.183. The zero-order valence-corrected chi connectivity index (χ0v) is 27.9. The monoisotopic (exact) mass is 630 g/mol. The number of nitrogens with zero attached hydrogens (tertiary/aromatic N) is 4. The number of carbonyl (C=O) groups excluding carboxylic acids is 4. The number of esters is 2. The largest absolute Gasteiger partial charge is 0.458 e. The number of ketones is 2. The molecular formula is C32H46N4O7S. The van der Waals surface area contributed by atoms with Gasteiger partial charge in [0.2, 0.25) is 0 Å². The lowest BCUT2D eigenvalue weighted by atomic mass is 9.70. The summed E-state index contributed by atoms with van der Waals surface area (Å²) in [4.78, 5) is 67.0. The maximum absolute atomic E-state index is 14.1. The van der Waals surface area contributed by atoms with Gasteiger partial charge in [-0.15, -0.1) is 11.8 Å². The first kappa shape index (κ1) is 34.0. The molecule has 4 heterocycles. The van der Waals surface area contributed by atoms with Crippen LogP contribution in [0.5, 0.6) is 0 Å². The summed E-state index contributed by atoms with van der Waals surface area (Å²) in [6.45, 7) is 13.2. The molecular weight excluding hydrogens is 584 g/mol. The van der Waals surface area contributed by atoms with E-state index < -0.39 is 64.1 Å². The molecule has 2 aromatic rings. The summed E-state index contributed by atoms with van der Waals surface area (Å²) < 4.78 is 19.9. The van der Waals surface area contributed by atoms with E-state index in [1.165, 1.54) is 18.1 Å². The van der Waals surface area contributed by atoms with Crippen LogP contribution in [-0.2, 0) is 39.9 Å². The average molecular weight is 631 g/mol. The van der Waals surface area contributed by atoms with Crippen molar-refractivity contribution in [3.8, 4) is 0 Å². The van der Waals surface area contributed by atoms with E-state index >= 15 is 0 Å². The van der Waals surface area contributed by atoms with Crippen LogP contribution in [-0.4, -0.2) is 78.4 Å². The Kier molecular flexibility index (Phi) is 10.5. The van der Waals surface area contributed by atoms with Gasteiger partial charge in [-0.2, -0.15) is 0 Å². The molecule has 2 saturated heterocycles. The van der Waals surface area contributed by atoms with E-state index in [4.69, 9.17) is 14.2 Å². The quantitative estimate of drug-likeness (QED) is 0.243. The van der Waals surface area contributed by atoms with Gasteiger partial charge in [-0.1, -0.05) is 27.7 Å². The molecule has 0 saturated carbocycles. The Bertz CT molecular complexity index is 1380. The predicted molar refractivity (Wildman–Crippen MR) is 166 cm³/mol. The lowest BCUT2D eigenvalue weighted by Gasteiger charge is -2.41. The molecule has 4 rings (SSSR count). The van der Waals surface area contributed by atoms with Crippen molar-refractivity contribution < 1.29 is 33.4 Å². The third-order valence-electron chi connectivity index (χ3n) is 9.64. The molecule has 2 aliphatic heterocycles. The SMILES string of the molecule is CCC1OC(=O)C(C)C(=O)C(C)CC(C)(OC)CC(C)C(=O)C(C)C2C(SCCCn3cnc4cncnc43)C(=O)OC12C. The Morgan fingerprint density at radius 3 is 2.36 bits per heavy atom. The number of cyclic esters (lactones) is 1. The van der Waals surface area contributed by atoms with Crippen molar-refractivity contribution in [2.75, 3.05) is 12.9 Å². The molecule has 0 spiro atoms. The van der Waals surface area contributed by atoms with E-state index in [2.05, 4.69) is 15.0 Å². The van der Waals surface area contributed by atoms with Crippen molar-refractivity contribution in [1.82, 2.24) is 19.5 Å². The number of hydrogen-bond acceptors (Lipinski definition) is 11. The maximum Gasteiger partial charge on any atom is 0.320 e. The molecule has 12 heteroatoms. The first-order chi connectivity index (χ1) is 20.8. The lowest BCUT2D eigenvalue weighted by Crippen LogP contribution is -2.53. The van der Waals surface area contributed by atoms with Crippen molar-refractivity contribution in [3.63, 3.8) is 0 Å². The number of thioether (sulfide) groups is 1. The summed E-state index contributed by atoms with van der Waals surface area (Å²) in [7, 11) is 1.58. The standard InChI is InChI=1S/C32H46N4O7S/c1-9-23-32(7)24(27(30(40)43-32)44-12-10-11-36-17-35-22-15-33-16-34-28(22)36)20(4)25(37)18(2)13-31(6,41-8)14-19(3)26(38)21(5)29(39)42-23/h15-21,23-24,27H,9-14H2,1-8H3. The Morgan fingerprint density at radius 2 is 1.70 bits per heavy atom. The van der Waals surface area contributed by atoms with Crippen molar-refractivity contribution in [2.45, 2.75) is 103 Å². The number of Topliss-reactive ketones (excluding diaryl/α,β-unsaturated/α-hetero) is 2. The highest BCUT2D eigenvalue weighted by Gasteiger charge is 2.61. The number of methoxy groups -OCH3 is 1. The Balaban J connectivity index is 1.63. The molecule has 0 N–H and O–H groups in total. The highest BCUT2D eigenvalue weighted by Crippen LogP contribution is 2.48. The number of imidazole rings is 1. The van der Waals surface area contributed by atoms with Gasteiger partial charge in [-0.3, -0.25) is 19.2 Å². The highest BCUT2D eigenvalue weighted by atomic mass is 32.2. The molecule has 11 nitrogen and oxygen atoms in total. The Morgan fingerprint density at radius 1 is 1.02 bits per heavy atom. The Labute approximate surface area is 263 Å². The van der Waals surface area contributed by atoms with E-state index in [0.717, 1.165) is 12.1 Å². The number of aryl methyl sites for hydroxylation is 1. The zero-order chi connectivity index (χ0) is 32.4. The Hall–Kier alpha value is -2.86. The van der Waals surface area contributed by atoms with Crippen LogP contribution in [0.4, 0.5) is 0 Å². The molecule has 9 atom stereocenters. The molecule has 0 amide bonds. The van der Waals surface area contributed by atoms with E-state index in [9.17, 15) is 19.2 Å². The molecule has 2 aromatic heterocycles. The summed E-state index contributed by atoms with van der Waals surface area (Å²) in [6, 6.07) is 0. The fourth-order valence-electron chi connectivity index (χ4n) is 7.19. The van der Waals surface area contributed by atoms with Gasteiger partial charge < -0.3 is 18.8 Å².